The van der Waals surface area contributed by atoms with Gasteiger partial charge in [-0.3, -0.25) is 0 Å². The monoisotopic (exact) mass is 230 g/mol. The van der Waals surface area contributed by atoms with E-state index >= 15 is 0 Å². The van der Waals surface area contributed by atoms with Crippen LogP contribution in [0.4, 0.5) is 13.2 Å². The normalized spacial score (nSPS) is 12.3. The van der Waals surface area contributed by atoms with Gasteiger partial charge in [-0.2, -0.15) is 13.2 Å². The molecule has 1 aliphatic heterocycles. The molecule has 0 fully saturated rings. The van der Waals surface area contributed by atoms with Crippen molar-refractivity contribution >= 4 is 11.3 Å². The molecule has 1 aliphatic carbocycles. The zero-order chi connectivity index (χ0) is 11.2. The van der Waals surface area contributed by atoms with Crippen LogP contribution in [0.3, 0.4) is 0 Å². The van der Waals surface area contributed by atoms with E-state index in [2.05, 4.69) is 0 Å². The van der Waals surface area contributed by atoms with Crippen LogP contribution in [-0.4, -0.2) is 0 Å². The van der Waals surface area contributed by atoms with Crippen LogP contribution >= 0.6 is 11.3 Å². The molecule has 0 unspecified atom stereocenters. The summed E-state index contributed by atoms with van der Waals surface area (Å²) in [7, 11) is 0. The molecule has 0 radical (unpaired) electrons. The highest BCUT2D eigenvalue weighted by molar-refractivity contribution is 7.13. The van der Waals surface area contributed by atoms with Gasteiger partial charge in [0, 0.05) is 10.3 Å². The number of halogens is 3. The molecule has 0 spiro atoms. The molecule has 0 aromatic heterocycles. The summed E-state index contributed by atoms with van der Waals surface area (Å²) in [5, 5.41) is 1.18. The van der Waals surface area contributed by atoms with Crippen LogP contribution in [0.5, 0.6) is 0 Å². The standard InChI is InChI=1S/C11H9F3S/c1-6-3-8-4-9(11(12,13)14)5-15-10(8)7(6)2/h3-5H,1-2H3. The smallest absolute Gasteiger partial charge is 0.166 e. The van der Waals surface area contributed by atoms with Crippen molar-refractivity contribution in [2.24, 2.45) is 0 Å². The number of rotatable bonds is 0. The fourth-order valence-electron chi connectivity index (χ4n) is 1.54. The lowest BCUT2D eigenvalue weighted by molar-refractivity contribution is -0.137. The van der Waals surface area contributed by atoms with Crippen molar-refractivity contribution in [3.05, 3.63) is 34.2 Å². The molecule has 15 heavy (non-hydrogen) atoms. The highest BCUT2D eigenvalue weighted by atomic mass is 32.1. The van der Waals surface area contributed by atoms with Gasteiger partial charge in [0.2, 0.25) is 0 Å². The number of alkyl halides is 3. The molecule has 4 heteroatoms. The average molecular weight is 230 g/mol. The van der Waals surface area contributed by atoms with Crippen molar-refractivity contribution in [3.63, 3.8) is 0 Å². The molecule has 80 valence electrons. The largest absolute Gasteiger partial charge is 0.417 e. The molecule has 0 saturated carbocycles. The molecular formula is C11H9F3S. The van der Waals surface area contributed by atoms with Gasteiger partial charge in [0.05, 0.1) is 5.56 Å². The Bertz CT molecular complexity index is 468. The van der Waals surface area contributed by atoms with Gasteiger partial charge in [0.15, 0.2) is 0 Å². The maximum Gasteiger partial charge on any atom is 0.417 e. The molecule has 2 aliphatic rings. The summed E-state index contributed by atoms with van der Waals surface area (Å²) >= 11 is 1.16. The van der Waals surface area contributed by atoms with Crippen LogP contribution in [0, 0.1) is 13.8 Å². The number of fused-ring (bicyclic) bond motifs is 1. The quantitative estimate of drug-likeness (QED) is 0.625. The molecular weight excluding hydrogens is 221 g/mol. The molecule has 0 aromatic carbocycles. The maximum absolute atomic E-state index is 12.4. The number of aryl methyl sites for hydroxylation is 1. The third kappa shape index (κ3) is 1.74. The van der Waals surface area contributed by atoms with Gasteiger partial charge in [-0.05, 0) is 36.6 Å². The predicted octanol–water partition coefficient (Wildman–Crippen LogP) is 4.49. The fourth-order valence-corrected chi connectivity index (χ4v) is 2.58. The van der Waals surface area contributed by atoms with E-state index in [9.17, 15) is 13.2 Å². The molecule has 0 N–H and O–H groups in total. The van der Waals surface area contributed by atoms with Gasteiger partial charge >= 0.3 is 6.18 Å². The first kappa shape index (κ1) is 10.5. The molecule has 2 rings (SSSR count). The maximum atomic E-state index is 12.4. The molecule has 1 heterocycles. The summed E-state index contributed by atoms with van der Waals surface area (Å²) in [6, 6.07) is 3.02. The van der Waals surface area contributed by atoms with E-state index in [4.69, 9.17) is 0 Å². The second-order valence-corrected chi connectivity index (χ2v) is 4.45. The van der Waals surface area contributed by atoms with E-state index in [1.807, 2.05) is 13.8 Å². The molecule has 0 amide bonds. The lowest BCUT2D eigenvalue weighted by Crippen LogP contribution is -2.03. The number of hydrogen-bond acceptors (Lipinski definition) is 1. The van der Waals surface area contributed by atoms with E-state index in [0.29, 0.717) is 5.56 Å². The summed E-state index contributed by atoms with van der Waals surface area (Å²) in [6.45, 7) is 3.84. The summed E-state index contributed by atoms with van der Waals surface area (Å²) < 4.78 is 37.3. The van der Waals surface area contributed by atoms with Crippen LogP contribution in [0.15, 0.2) is 17.5 Å². The Morgan fingerprint density at radius 2 is 1.80 bits per heavy atom. The third-order valence-electron chi connectivity index (χ3n) is 2.51. The van der Waals surface area contributed by atoms with Crippen molar-refractivity contribution in [3.8, 4) is 10.4 Å². The van der Waals surface area contributed by atoms with Crippen LogP contribution < -0.4 is 0 Å². The first-order valence-electron chi connectivity index (χ1n) is 4.45. The van der Waals surface area contributed by atoms with E-state index in [-0.39, 0.29) is 0 Å². The Morgan fingerprint density at radius 3 is 2.40 bits per heavy atom. The van der Waals surface area contributed by atoms with Crippen LogP contribution in [0.1, 0.15) is 16.7 Å². The predicted molar refractivity (Wildman–Crippen MR) is 55.4 cm³/mol. The van der Waals surface area contributed by atoms with E-state index in [0.717, 1.165) is 27.3 Å². The van der Waals surface area contributed by atoms with Crippen LogP contribution in [0.25, 0.3) is 10.4 Å². The first-order chi connectivity index (χ1) is 6.89. The van der Waals surface area contributed by atoms with Gasteiger partial charge < -0.3 is 0 Å². The molecule has 0 bridgehead atoms. The lowest BCUT2D eigenvalue weighted by Gasteiger charge is -2.08. The van der Waals surface area contributed by atoms with Crippen molar-refractivity contribution < 1.29 is 13.2 Å². The average Bonchev–Trinajstić information content (AvgIpc) is 2.41. The highest BCUT2D eigenvalue weighted by Gasteiger charge is 2.31. The highest BCUT2D eigenvalue weighted by Crippen LogP contribution is 2.39. The lowest BCUT2D eigenvalue weighted by atomic mass is 10.2. The van der Waals surface area contributed by atoms with Gasteiger partial charge in [-0.25, -0.2) is 0 Å². The van der Waals surface area contributed by atoms with Gasteiger partial charge in [-0.15, -0.1) is 11.3 Å². The van der Waals surface area contributed by atoms with E-state index in [1.165, 1.54) is 11.4 Å². The Balaban J connectivity index is 2.63. The van der Waals surface area contributed by atoms with E-state index < -0.39 is 11.7 Å². The molecule has 0 atom stereocenters. The topological polar surface area (TPSA) is 0 Å². The van der Waals surface area contributed by atoms with Crippen molar-refractivity contribution in [2.75, 3.05) is 0 Å². The Morgan fingerprint density at radius 1 is 1.13 bits per heavy atom. The van der Waals surface area contributed by atoms with Crippen molar-refractivity contribution in [1.29, 1.82) is 0 Å². The minimum atomic E-state index is -4.25. The van der Waals surface area contributed by atoms with Gasteiger partial charge in [0.1, 0.15) is 0 Å². The molecule has 0 aromatic rings. The summed E-state index contributed by atoms with van der Waals surface area (Å²) in [4.78, 5) is 0.945. The Labute approximate surface area is 89.7 Å². The minimum Gasteiger partial charge on any atom is -0.166 e. The van der Waals surface area contributed by atoms with Crippen LogP contribution in [0.2, 0.25) is 0 Å². The SMILES string of the molecule is Cc1cc2cc(C(F)(F)F)csc-2c1C. The molecule has 0 nitrogen and oxygen atoms in total. The van der Waals surface area contributed by atoms with Crippen LogP contribution in [-0.2, 0) is 6.18 Å². The van der Waals surface area contributed by atoms with Crippen molar-refractivity contribution in [1.82, 2.24) is 0 Å². The summed E-state index contributed by atoms with van der Waals surface area (Å²) in [5.74, 6) is 0. The molecule has 0 saturated heterocycles. The fraction of sp³-hybridized carbons (Fsp3) is 0.273. The zero-order valence-electron chi connectivity index (χ0n) is 8.27. The van der Waals surface area contributed by atoms with Gasteiger partial charge in [-0.1, -0.05) is 6.07 Å². The minimum absolute atomic E-state index is 0.565. The first-order valence-corrected chi connectivity index (χ1v) is 5.33. The van der Waals surface area contributed by atoms with Crippen molar-refractivity contribution in [2.45, 2.75) is 20.0 Å². The second-order valence-electron chi connectivity index (χ2n) is 3.57. The van der Waals surface area contributed by atoms with E-state index in [1.54, 1.807) is 6.07 Å². The third-order valence-corrected chi connectivity index (χ3v) is 3.66. The Kier molecular flexibility index (Phi) is 2.26. The zero-order valence-corrected chi connectivity index (χ0v) is 9.09. The second kappa shape index (κ2) is 3.23. The summed E-state index contributed by atoms with van der Waals surface area (Å²) in [5.41, 5.74) is 2.24. The number of hydrogen-bond donors (Lipinski definition) is 0. The van der Waals surface area contributed by atoms with Gasteiger partial charge in [0.25, 0.3) is 0 Å². The Hall–Kier alpha value is -1.03. The summed E-state index contributed by atoms with van der Waals surface area (Å²) in [6.07, 6.45) is -4.25.